The Bertz CT molecular complexity index is 731. The van der Waals surface area contributed by atoms with Crippen molar-refractivity contribution in [3.8, 4) is 0 Å². The Morgan fingerprint density at radius 1 is 1.00 bits per heavy atom. The fourth-order valence-corrected chi connectivity index (χ4v) is 2.77. The predicted molar refractivity (Wildman–Crippen MR) is 81.3 cm³/mol. The van der Waals surface area contributed by atoms with Crippen LogP contribution in [0.5, 0.6) is 0 Å². The van der Waals surface area contributed by atoms with Gasteiger partial charge < -0.3 is 5.32 Å². The lowest BCUT2D eigenvalue weighted by molar-refractivity contribution is -0.116. The maximum atomic E-state index is 12.8. The highest BCUT2D eigenvalue weighted by atomic mass is 32.2. The number of hydrogen-bond donors (Lipinski definition) is 2. The van der Waals surface area contributed by atoms with Gasteiger partial charge in [0.05, 0.1) is 4.90 Å². The molecule has 0 aliphatic carbocycles. The molecule has 0 aliphatic heterocycles. The number of carbonyl (C=O) groups is 1. The second-order valence-electron chi connectivity index (χ2n) is 4.52. The van der Waals surface area contributed by atoms with Gasteiger partial charge >= 0.3 is 0 Å². The van der Waals surface area contributed by atoms with Crippen molar-refractivity contribution in [1.29, 1.82) is 0 Å². The van der Waals surface area contributed by atoms with E-state index in [-0.39, 0.29) is 23.8 Å². The van der Waals surface area contributed by atoms with Gasteiger partial charge in [-0.3, -0.25) is 4.79 Å². The largest absolute Gasteiger partial charge is 0.326 e. The van der Waals surface area contributed by atoms with Crippen LogP contribution in [0, 0.1) is 5.82 Å². The number of hydrogen-bond acceptors (Lipinski definition) is 3. The van der Waals surface area contributed by atoms with Crippen molar-refractivity contribution in [2.45, 2.75) is 11.3 Å². The molecule has 2 aromatic rings. The summed E-state index contributed by atoms with van der Waals surface area (Å²) in [6.45, 7) is -0.0433. The summed E-state index contributed by atoms with van der Waals surface area (Å²) in [4.78, 5) is 11.6. The summed E-state index contributed by atoms with van der Waals surface area (Å²) in [5.74, 6) is -0.811. The SMILES string of the molecule is O=C(CCNS(=O)(=O)c1ccc(F)cc1)Nc1ccccc1. The highest BCUT2D eigenvalue weighted by Gasteiger charge is 2.14. The average Bonchev–Trinajstić information content (AvgIpc) is 2.48. The minimum absolute atomic E-state index is 0.00464. The third kappa shape index (κ3) is 4.64. The lowest BCUT2D eigenvalue weighted by atomic mass is 10.3. The molecule has 0 unspecified atom stereocenters. The minimum atomic E-state index is -3.74. The van der Waals surface area contributed by atoms with Crippen molar-refractivity contribution >= 4 is 21.6 Å². The van der Waals surface area contributed by atoms with E-state index >= 15 is 0 Å². The Morgan fingerprint density at radius 2 is 1.64 bits per heavy atom. The number of nitrogens with one attached hydrogen (secondary N) is 2. The molecule has 0 aromatic heterocycles. The molecule has 22 heavy (non-hydrogen) atoms. The molecule has 0 saturated heterocycles. The Morgan fingerprint density at radius 3 is 2.27 bits per heavy atom. The van der Waals surface area contributed by atoms with Gasteiger partial charge in [-0.05, 0) is 36.4 Å². The Labute approximate surface area is 128 Å². The van der Waals surface area contributed by atoms with E-state index < -0.39 is 15.8 Å². The molecule has 0 fully saturated rings. The van der Waals surface area contributed by atoms with Crippen LogP contribution in [0.1, 0.15) is 6.42 Å². The van der Waals surface area contributed by atoms with E-state index in [0.29, 0.717) is 5.69 Å². The zero-order valence-electron chi connectivity index (χ0n) is 11.6. The minimum Gasteiger partial charge on any atom is -0.326 e. The first kappa shape index (κ1) is 16.1. The topological polar surface area (TPSA) is 75.3 Å². The van der Waals surface area contributed by atoms with Crippen molar-refractivity contribution in [1.82, 2.24) is 4.72 Å². The number of rotatable bonds is 6. The zero-order valence-corrected chi connectivity index (χ0v) is 12.4. The quantitative estimate of drug-likeness (QED) is 0.855. The molecule has 0 radical (unpaired) electrons. The third-order valence-electron chi connectivity index (χ3n) is 2.83. The molecule has 0 atom stereocenters. The number of para-hydroxylation sites is 1. The number of amides is 1. The van der Waals surface area contributed by atoms with Crippen molar-refractivity contribution in [3.05, 3.63) is 60.4 Å². The van der Waals surface area contributed by atoms with Gasteiger partial charge in [-0.2, -0.15) is 0 Å². The Hall–Kier alpha value is -2.25. The van der Waals surface area contributed by atoms with Gasteiger partial charge in [0.25, 0.3) is 0 Å². The molecule has 0 bridgehead atoms. The third-order valence-corrected chi connectivity index (χ3v) is 4.30. The Kier molecular flexibility index (Phi) is 5.24. The van der Waals surface area contributed by atoms with E-state index in [4.69, 9.17) is 0 Å². The first-order valence-corrected chi connectivity index (χ1v) is 8.06. The second-order valence-corrected chi connectivity index (χ2v) is 6.28. The molecule has 2 aromatic carbocycles. The molecule has 0 aliphatic rings. The molecule has 2 rings (SSSR count). The first-order chi connectivity index (χ1) is 10.5. The van der Waals surface area contributed by atoms with E-state index in [1.54, 1.807) is 24.3 Å². The van der Waals surface area contributed by atoms with E-state index in [9.17, 15) is 17.6 Å². The highest BCUT2D eigenvalue weighted by molar-refractivity contribution is 7.89. The van der Waals surface area contributed by atoms with Gasteiger partial charge in [-0.1, -0.05) is 18.2 Å². The lowest BCUT2D eigenvalue weighted by Gasteiger charge is -2.07. The summed E-state index contributed by atoms with van der Waals surface area (Å²) in [7, 11) is -3.74. The molecule has 2 N–H and O–H groups in total. The first-order valence-electron chi connectivity index (χ1n) is 6.57. The van der Waals surface area contributed by atoms with Crippen LogP contribution < -0.4 is 10.0 Å². The highest BCUT2D eigenvalue weighted by Crippen LogP contribution is 2.09. The van der Waals surface area contributed by atoms with E-state index in [1.807, 2.05) is 6.07 Å². The summed E-state index contributed by atoms with van der Waals surface area (Å²) in [6.07, 6.45) is -0.00464. The smallest absolute Gasteiger partial charge is 0.240 e. The zero-order chi connectivity index (χ0) is 16.0. The summed E-state index contributed by atoms with van der Waals surface area (Å²) < 4.78 is 38.9. The van der Waals surface area contributed by atoms with Gasteiger partial charge in [0.1, 0.15) is 5.82 Å². The van der Waals surface area contributed by atoms with Gasteiger partial charge in [0.2, 0.25) is 15.9 Å². The van der Waals surface area contributed by atoms with Gasteiger partial charge in [-0.15, -0.1) is 0 Å². The summed E-state index contributed by atoms with van der Waals surface area (Å²) in [5.41, 5.74) is 0.647. The van der Waals surface area contributed by atoms with Crippen molar-refractivity contribution in [2.75, 3.05) is 11.9 Å². The molecule has 116 valence electrons. The number of anilines is 1. The maximum Gasteiger partial charge on any atom is 0.240 e. The monoisotopic (exact) mass is 322 g/mol. The van der Waals surface area contributed by atoms with Crippen LogP contribution in [-0.4, -0.2) is 20.9 Å². The lowest BCUT2D eigenvalue weighted by Crippen LogP contribution is -2.27. The van der Waals surface area contributed by atoms with Crippen molar-refractivity contribution in [2.24, 2.45) is 0 Å². The normalized spacial score (nSPS) is 11.1. The standard InChI is InChI=1S/C15H15FN2O3S/c16-12-6-8-14(9-7-12)22(20,21)17-11-10-15(19)18-13-4-2-1-3-5-13/h1-9,17H,10-11H2,(H,18,19). The van der Waals surface area contributed by atoms with Crippen molar-refractivity contribution in [3.63, 3.8) is 0 Å². The van der Waals surface area contributed by atoms with Gasteiger partial charge in [-0.25, -0.2) is 17.5 Å². The molecular weight excluding hydrogens is 307 g/mol. The van der Waals surface area contributed by atoms with Crippen LogP contribution in [0.4, 0.5) is 10.1 Å². The second kappa shape index (κ2) is 7.15. The number of sulfonamides is 1. The van der Waals surface area contributed by atoms with Crippen molar-refractivity contribution < 1.29 is 17.6 Å². The molecule has 0 spiro atoms. The summed E-state index contributed by atoms with van der Waals surface area (Å²) >= 11 is 0. The average molecular weight is 322 g/mol. The molecule has 7 heteroatoms. The van der Waals surface area contributed by atoms with Crippen LogP contribution in [-0.2, 0) is 14.8 Å². The maximum absolute atomic E-state index is 12.8. The van der Waals surface area contributed by atoms with Crippen LogP contribution >= 0.6 is 0 Å². The number of benzene rings is 2. The molecule has 0 saturated carbocycles. The summed E-state index contributed by atoms with van der Waals surface area (Å²) in [6, 6.07) is 13.3. The van der Waals surface area contributed by atoms with Crippen LogP contribution in [0.2, 0.25) is 0 Å². The van der Waals surface area contributed by atoms with E-state index in [1.165, 1.54) is 12.1 Å². The Balaban J connectivity index is 1.85. The van der Waals surface area contributed by atoms with Gasteiger partial charge in [0, 0.05) is 18.7 Å². The van der Waals surface area contributed by atoms with E-state index in [2.05, 4.69) is 10.0 Å². The summed E-state index contributed by atoms with van der Waals surface area (Å²) in [5, 5.41) is 2.65. The van der Waals surface area contributed by atoms with Crippen LogP contribution in [0.3, 0.4) is 0 Å². The molecule has 5 nitrogen and oxygen atoms in total. The van der Waals surface area contributed by atoms with Crippen LogP contribution in [0.15, 0.2) is 59.5 Å². The molecular formula is C15H15FN2O3S. The number of carbonyl (C=O) groups excluding carboxylic acids is 1. The van der Waals surface area contributed by atoms with Crippen LogP contribution in [0.25, 0.3) is 0 Å². The number of halogens is 1. The predicted octanol–water partition coefficient (Wildman–Crippen LogP) is 2.13. The fraction of sp³-hybridized carbons (Fsp3) is 0.133. The fourth-order valence-electron chi connectivity index (χ4n) is 1.74. The van der Waals surface area contributed by atoms with E-state index in [0.717, 1.165) is 12.1 Å². The van der Waals surface area contributed by atoms with Gasteiger partial charge in [0.15, 0.2) is 0 Å². The molecule has 0 heterocycles. The molecule has 1 amide bonds.